The highest BCUT2D eigenvalue weighted by molar-refractivity contribution is 5.23. The van der Waals surface area contributed by atoms with Gasteiger partial charge in [-0.25, -0.2) is 0 Å². The molecular formula is C11H18N3O4+. The summed E-state index contributed by atoms with van der Waals surface area (Å²) in [4.78, 5) is 22.2. The molecule has 0 aromatic heterocycles. The van der Waals surface area contributed by atoms with Gasteiger partial charge < -0.3 is 4.48 Å². The lowest BCUT2D eigenvalue weighted by molar-refractivity contribution is -0.933. The van der Waals surface area contributed by atoms with E-state index in [-0.39, 0.29) is 16.3 Å². The van der Waals surface area contributed by atoms with Crippen molar-refractivity contribution in [3.05, 3.63) is 31.9 Å². The zero-order chi connectivity index (χ0) is 13.8. The molecule has 1 aliphatic carbocycles. The number of piperidine rings is 1. The third kappa shape index (κ3) is 1.61. The minimum Gasteiger partial charge on any atom is -0.316 e. The second kappa shape index (κ2) is 3.50. The summed E-state index contributed by atoms with van der Waals surface area (Å²) in [6.45, 7) is 2.38. The maximum absolute atomic E-state index is 11.5. The van der Waals surface area contributed by atoms with Gasteiger partial charge in [0.1, 0.15) is 6.42 Å². The fourth-order valence-corrected chi connectivity index (χ4v) is 3.61. The maximum atomic E-state index is 11.5. The van der Waals surface area contributed by atoms with Crippen molar-refractivity contribution in [1.82, 2.24) is 0 Å². The molecular weight excluding hydrogens is 238 g/mol. The second-order valence-electron chi connectivity index (χ2n) is 6.29. The highest BCUT2D eigenvalue weighted by Gasteiger charge is 2.68. The van der Waals surface area contributed by atoms with Crippen molar-refractivity contribution in [1.29, 1.82) is 0 Å². The van der Waals surface area contributed by atoms with E-state index in [0.717, 1.165) is 0 Å². The zero-order valence-electron chi connectivity index (χ0n) is 10.9. The van der Waals surface area contributed by atoms with Crippen molar-refractivity contribution in [2.24, 2.45) is 0 Å². The van der Waals surface area contributed by atoms with Gasteiger partial charge in [-0.2, -0.15) is 0 Å². The molecule has 7 nitrogen and oxygen atoms in total. The normalized spacial score (nSPS) is 37.8. The van der Waals surface area contributed by atoms with Crippen LogP contribution in [0.25, 0.3) is 0 Å². The molecule has 2 atom stereocenters. The number of quaternary nitrogens is 1. The number of nitrogens with zero attached hydrogens (tertiary/aromatic N) is 3. The minimum atomic E-state index is -1.27. The molecule has 1 heterocycles. The smallest absolute Gasteiger partial charge is 0.297 e. The first kappa shape index (κ1) is 12.9. The van der Waals surface area contributed by atoms with Gasteiger partial charge in [0.05, 0.1) is 14.1 Å². The van der Waals surface area contributed by atoms with E-state index in [4.69, 9.17) is 0 Å². The standard InChI is InChI=1S/C11H18N3O4/c1-9-4-5-10(12(15)16)6-11(9,13(17)18)8-14(2,3)7-10/h4H,5-8H2,1-3H3/q+1/t10-,11-/m0/s1. The third-order valence-electron chi connectivity index (χ3n) is 4.29. The van der Waals surface area contributed by atoms with E-state index in [2.05, 4.69) is 0 Å². The molecule has 7 heteroatoms. The summed E-state index contributed by atoms with van der Waals surface area (Å²) in [6.07, 6.45) is 2.00. The van der Waals surface area contributed by atoms with Crippen LogP contribution in [0.3, 0.4) is 0 Å². The van der Waals surface area contributed by atoms with Crippen molar-refractivity contribution >= 4 is 0 Å². The molecule has 0 aromatic carbocycles. The number of hydrogen-bond acceptors (Lipinski definition) is 4. The Morgan fingerprint density at radius 1 is 1.22 bits per heavy atom. The fraction of sp³-hybridized carbons (Fsp3) is 0.818. The average molecular weight is 256 g/mol. The first-order chi connectivity index (χ1) is 8.14. The molecule has 0 saturated carbocycles. The summed E-state index contributed by atoms with van der Waals surface area (Å²) in [5, 5.41) is 22.9. The lowest BCUT2D eigenvalue weighted by atomic mass is 9.68. The van der Waals surface area contributed by atoms with Crippen molar-refractivity contribution < 1.29 is 14.3 Å². The number of nitro groups is 2. The van der Waals surface area contributed by atoms with E-state index in [9.17, 15) is 20.2 Å². The second-order valence-corrected chi connectivity index (χ2v) is 6.29. The van der Waals surface area contributed by atoms with Crippen LogP contribution in [0.5, 0.6) is 0 Å². The summed E-state index contributed by atoms with van der Waals surface area (Å²) < 4.78 is 0.313. The van der Waals surface area contributed by atoms with Crippen molar-refractivity contribution in [2.45, 2.75) is 30.8 Å². The molecule has 0 N–H and O–H groups in total. The van der Waals surface area contributed by atoms with Crippen LogP contribution in [0.4, 0.5) is 0 Å². The maximum Gasteiger partial charge on any atom is 0.297 e. The molecule has 2 rings (SSSR count). The highest BCUT2D eigenvalue weighted by atomic mass is 16.6. The lowest BCUT2D eigenvalue weighted by Crippen LogP contribution is -2.71. The number of likely N-dealkylation sites (N-methyl/N-ethyl adjacent to an activating group) is 1. The van der Waals surface area contributed by atoms with Gasteiger partial charge in [-0.1, -0.05) is 6.08 Å². The Hall–Kier alpha value is -1.50. The summed E-state index contributed by atoms with van der Waals surface area (Å²) in [5.74, 6) is 0. The Labute approximate surface area is 105 Å². The summed E-state index contributed by atoms with van der Waals surface area (Å²) in [7, 11) is 3.66. The number of rotatable bonds is 2. The Morgan fingerprint density at radius 3 is 2.33 bits per heavy atom. The predicted octanol–water partition coefficient (Wildman–Crippen LogP) is 0.847. The number of likely N-dealkylation sites (tertiary alicyclic amines) is 1. The van der Waals surface area contributed by atoms with Gasteiger partial charge >= 0.3 is 0 Å². The molecule has 0 radical (unpaired) electrons. The van der Waals surface area contributed by atoms with Gasteiger partial charge in [0.2, 0.25) is 0 Å². The summed E-state index contributed by atoms with van der Waals surface area (Å²) in [6, 6.07) is 0. The molecule has 0 amide bonds. The van der Waals surface area contributed by atoms with E-state index in [0.29, 0.717) is 29.6 Å². The van der Waals surface area contributed by atoms with E-state index in [1.807, 2.05) is 14.1 Å². The van der Waals surface area contributed by atoms with Crippen molar-refractivity contribution in [3.63, 3.8) is 0 Å². The van der Waals surface area contributed by atoms with E-state index in [1.54, 1.807) is 13.0 Å². The van der Waals surface area contributed by atoms with Crippen LogP contribution in [0.15, 0.2) is 11.6 Å². The topological polar surface area (TPSA) is 86.3 Å². The van der Waals surface area contributed by atoms with Crippen LogP contribution in [0.1, 0.15) is 19.8 Å². The Morgan fingerprint density at radius 2 is 1.83 bits per heavy atom. The van der Waals surface area contributed by atoms with Crippen LogP contribution in [-0.2, 0) is 0 Å². The summed E-state index contributed by atoms with van der Waals surface area (Å²) >= 11 is 0. The van der Waals surface area contributed by atoms with Gasteiger partial charge in [0.25, 0.3) is 11.1 Å². The van der Waals surface area contributed by atoms with Crippen LogP contribution in [0, 0.1) is 20.2 Å². The molecule has 0 aromatic rings. The molecule has 0 spiro atoms. The first-order valence-corrected chi connectivity index (χ1v) is 5.92. The molecule has 1 saturated heterocycles. The zero-order valence-corrected chi connectivity index (χ0v) is 10.9. The first-order valence-electron chi connectivity index (χ1n) is 5.92. The quantitative estimate of drug-likeness (QED) is 0.317. The van der Waals surface area contributed by atoms with Gasteiger partial charge in [-0.05, 0) is 6.92 Å². The Bertz CT molecular complexity index is 459. The average Bonchev–Trinajstić information content (AvgIpc) is 2.21. The molecule has 1 aliphatic heterocycles. The largest absolute Gasteiger partial charge is 0.316 e. The molecule has 100 valence electrons. The van der Waals surface area contributed by atoms with E-state index >= 15 is 0 Å². The molecule has 1 fully saturated rings. The number of fused-ring (bicyclic) bond motifs is 2. The fourth-order valence-electron chi connectivity index (χ4n) is 3.61. The molecule has 18 heavy (non-hydrogen) atoms. The SMILES string of the molecule is CC1=CC[C@]2([N+](=O)[O-])C[C@]1([N+](=O)[O-])C[N+](C)(C)C2. The van der Waals surface area contributed by atoms with Gasteiger partial charge in [0.15, 0.2) is 13.1 Å². The summed E-state index contributed by atoms with van der Waals surface area (Å²) in [5.41, 5.74) is -1.79. The van der Waals surface area contributed by atoms with Crippen LogP contribution in [0.2, 0.25) is 0 Å². The van der Waals surface area contributed by atoms with Crippen LogP contribution >= 0.6 is 0 Å². The van der Waals surface area contributed by atoms with Crippen LogP contribution in [-0.4, -0.2) is 52.6 Å². The number of hydrogen-bond donors (Lipinski definition) is 0. The van der Waals surface area contributed by atoms with E-state index < -0.39 is 11.1 Å². The predicted molar refractivity (Wildman–Crippen MR) is 64.3 cm³/mol. The highest BCUT2D eigenvalue weighted by Crippen LogP contribution is 2.45. The van der Waals surface area contributed by atoms with Crippen LogP contribution < -0.4 is 0 Å². The molecule has 0 unspecified atom stereocenters. The monoisotopic (exact) mass is 256 g/mol. The van der Waals surface area contributed by atoms with Gasteiger partial charge in [-0.3, -0.25) is 20.2 Å². The minimum absolute atomic E-state index is 0.0179. The van der Waals surface area contributed by atoms with Crippen molar-refractivity contribution in [2.75, 3.05) is 27.2 Å². The molecule has 2 aliphatic rings. The van der Waals surface area contributed by atoms with E-state index in [1.165, 1.54) is 0 Å². The van der Waals surface area contributed by atoms with Gasteiger partial charge in [-0.15, -0.1) is 0 Å². The molecule has 2 bridgehead atoms. The van der Waals surface area contributed by atoms with Crippen molar-refractivity contribution in [3.8, 4) is 0 Å². The lowest BCUT2D eigenvalue weighted by Gasteiger charge is -2.48. The van der Waals surface area contributed by atoms with Gasteiger partial charge in [0, 0.05) is 21.8 Å². The Kier molecular flexibility index (Phi) is 2.52. The Balaban J connectivity index is 2.59. The third-order valence-corrected chi connectivity index (χ3v) is 4.29.